The molecule has 5 heteroatoms. The Morgan fingerprint density at radius 3 is 2.25 bits per heavy atom. The number of hydrogen-bond donors (Lipinski definition) is 1. The highest BCUT2D eigenvalue weighted by Gasteiger charge is 2.25. The first-order valence-electron chi connectivity index (χ1n) is 5.50. The summed E-state index contributed by atoms with van der Waals surface area (Å²) in [4.78, 5) is 0. The number of rotatable bonds is 7. The van der Waals surface area contributed by atoms with Crippen LogP contribution >= 0.6 is 0 Å². The summed E-state index contributed by atoms with van der Waals surface area (Å²) >= 11 is 0. The molecular weight excluding hydrogens is 224 g/mol. The second-order valence-electron chi connectivity index (χ2n) is 4.63. The minimum Gasteiger partial charge on any atom is -0.313 e. The van der Waals surface area contributed by atoms with E-state index in [0.29, 0.717) is 19.1 Å². The van der Waals surface area contributed by atoms with Crippen LogP contribution < -0.4 is 5.32 Å². The molecule has 1 atom stereocenters. The van der Waals surface area contributed by atoms with Crippen LogP contribution in [0.2, 0.25) is 0 Å². The van der Waals surface area contributed by atoms with Gasteiger partial charge in [0.1, 0.15) is 0 Å². The molecule has 0 saturated heterocycles. The van der Waals surface area contributed by atoms with Gasteiger partial charge in [0.2, 0.25) is 10.0 Å². The van der Waals surface area contributed by atoms with Crippen LogP contribution in [0.5, 0.6) is 0 Å². The van der Waals surface area contributed by atoms with Crippen molar-refractivity contribution in [1.82, 2.24) is 9.62 Å². The van der Waals surface area contributed by atoms with Crippen LogP contribution in [-0.4, -0.2) is 44.2 Å². The molecule has 0 fully saturated rings. The minimum absolute atomic E-state index is 0.295. The van der Waals surface area contributed by atoms with E-state index in [9.17, 15) is 8.42 Å². The fourth-order valence-corrected chi connectivity index (χ4v) is 2.61. The van der Waals surface area contributed by atoms with Gasteiger partial charge in [-0.2, -0.15) is 0 Å². The first-order chi connectivity index (χ1) is 7.17. The van der Waals surface area contributed by atoms with Crippen molar-refractivity contribution in [3.8, 4) is 0 Å². The third kappa shape index (κ3) is 5.09. The Bertz CT molecular complexity index is 323. The highest BCUT2D eigenvalue weighted by molar-refractivity contribution is 7.89. The molecule has 0 amide bonds. The van der Waals surface area contributed by atoms with E-state index in [-0.39, 0.29) is 0 Å². The predicted octanol–water partition coefficient (Wildman–Crippen LogP) is 1.21. The molecule has 1 unspecified atom stereocenters. The van der Waals surface area contributed by atoms with Crippen molar-refractivity contribution in [2.45, 2.75) is 39.0 Å². The topological polar surface area (TPSA) is 49.4 Å². The van der Waals surface area contributed by atoms with Crippen LogP contribution in [0.4, 0.5) is 0 Å². The SMILES string of the molecule is C=C(C)CN(C)S(=O)(=O)C(C)CNC(C)C. The van der Waals surface area contributed by atoms with Gasteiger partial charge in [-0.15, -0.1) is 0 Å². The van der Waals surface area contributed by atoms with Gasteiger partial charge < -0.3 is 5.32 Å². The molecule has 0 aromatic rings. The molecule has 0 rings (SSSR count). The number of nitrogens with one attached hydrogen (secondary N) is 1. The van der Waals surface area contributed by atoms with Crippen molar-refractivity contribution in [1.29, 1.82) is 0 Å². The normalized spacial score (nSPS) is 14.4. The molecule has 0 aliphatic carbocycles. The lowest BCUT2D eigenvalue weighted by Gasteiger charge is -2.23. The summed E-state index contributed by atoms with van der Waals surface area (Å²) < 4.78 is 25.4. The van der Waals surface area contributed by atoms with E-state index >= 15 is 0 Å². The highest BCUT2D eigenvalue weighted by Crippen LogP contribution is 2.08. The summed E-state index contributed by atoms with van der Waals surface area (Å²) in [5.74, 6) is 0. The number of likely N-dealkylation sites (N-methyl/N-ethyl adjacent to an activating group) is 1. The van der Waals surface area contributed by atoms with Crippen molar-refractivity contribution in [3.63, 3.8) is 0 Å². The molecule has 16 heavy (non-hydrogen) atoms. The number of nitrogens with zero attached hydrogens (tertiary/aromatic N) is 1. The predicted molar refractivity (Wildman–Crippen MR) is 69.0 cm³/mol. The lowest BCUT2D eigenvalue weighted by atomic mass is 10.3. The van der Waals surface area contributed by atoms with Crippen molar-refractivity contribution >= 4 is 10.0 Å². The molecule has 0 aliphatic rings. The quantitative estimate of drug-likeness (QED) is 0.689. The number of hydrogen-bond acceptors (Lipinski definition) is 3. The molecule has 96 valence electrons. The van der Waals surface area contributed by atoms with Gasteiger partial charge in [0.05, 0.1) is 5.25 Å². The van der Waals surface area contributed by atoms with E-state index < -0.39 is 15.3 Å². The summed E-state index contributed by atoms with van der Waals surface area (Å²) in [6.45, 7) is 12.1. The smallest absolute Gasteiger partial charge is 0.218 e. The van der Waals surface area contributed by atoms with Crippen LogP contribution in [0.1, 0.15) is 27.7 Å². The number of sulfonamides is 1. The van der Waals surface area contributed by atoms with E-state index in [1.54, 1.807) is 14.0 Å². The Labute approximate surface area is 99.8 Å². The van der Waals surface area contributed by atoms with Crippen molar-refractivity contribution < 1.29 is 8.42 Å². The van der Waals surface area contributed by atoms with Gasteiger partial charge in [0, 0.05) is 26.2 Å². The maximum Gasteiger partial charge on any atom is 0.218 e. The molecule has 0 bridgehead atoms. The van der Waals surface area contributed by atoms with Crippen molar-refractivity contribution in [2.24, 2.45) is 0 Å². The van der Waals surface area contributed by atoms with Crippen molar-refractivity contribution in [2.75, 3.05) is 20.1 Å². The minimum atomic E-state index is -3.22. The Balaban J connectivity index is 4.46. The largest absolute Gasteiger partial charge is 0.313 e. The summed E-state index contributed by atoms with van der Waals surface area (Å²) in [6.07, 6.45) is 0. The van der Waals surface area contributed by atoms with Crippen LogP contribution in [0.3, 0.4) is 0 Å². The second-order valence-corrected chi connectivity index (χ2v) is 7.09. The molecule has 0 aliphatic heterocycles. The average Bonchev–Trinajstić information content (AvgIpc) is 2.12. The van der Waals surface area contributed by atoms with Gasteiger partial charge in [-0.3, -0.25) is 0 Å². The Morgan fingerprint density at radius 2 is 1.88 bits per heavy atom. The zero-order valence-electron chi connectivity index (χ0n) is 10.9. The van der Waals surface area contributed by atoms with Crippen molar-refractivity contribution in [3.05, 3.63) is 12.2 Å². The van der Waals surface area contributed by atoms with Gasteiger partial charge in [-0.05, 0) is 13.8 Å². The molecule has 0 aromatic heterocycles. The van der Waals surface area contributed by atoms with E-state index in [0.717, 1.165) is 5.57 Å². The second kappa shape index (κ2) is 6.37. The van der Waals surface area contributed by atoms with Crippen LogP contribution in [-0.2, 0) is 10.0 Å². The third-order valence-electron chi connectivity index (χ3n) is 2.25. The van der Waals surface area contributed by atoms with E-state index in [1.807, 2.05) is 20.8 Å². The zero-order chi connectivity index (χ0) is 12.9. The monoisotopic (exact) mass is 248 g/mol. The highest BCUT2D eigenvalue weighted by atomic mass is 32.2. The maximum atomic E-state index is 12.0. The zero-order valence-corrected chi connectivity index (χ0v) is 11.8. The molecule has 0 saturated carbocycles. The molecule has 4 nitrogen and oxygen atoms in total. The summed E-state index contributed by atoms with van der Waals surface area (Å²) in [5.41, 5.74) is 0.843. The first-order valence-corrected chi connectivity index (χ1v) is 7.01. The summed E-state index contributed by atoms with van der Waals surface area (Å²) in [7, 11) is -1.63. The Morgan fingerprint density at radius 1 is 1.38 bits per heavy atom. The van der Waals surface area contributed by atoms with Crippen LogP contribution in [0.15, 0.2) is 12.2 Å². The fraction of sp³-hybridized carbons (Fsp3) is 0.818. The standard InChI is InChI=1S/C11H24N2O2S/c1-9(2)8-13(6)16(14,15)11(5)7-12-10(3)4/h10-12H,1,7-8H2,2-6H3. The summed E-state index contributed by atoms with van der Waals surface area (Å²) in [5, 5.41) is 2.71. The molecule has 0 spiro atoms. The van der Waals surface area contributed by atoms with Gasteiger partial charge in [0.15, 0.2) is 0 Å². The van der Waals surface area contributed by atoms with E-state index in [2.05, 4.69) is 11.9 Å². The van der Waals surface area contributed by atoms with E-state index in [4.69, 9.17) is 0 Å². The summed E-state index contributed by atoms with van der Waals surface area (Å²) in [6, 6.07) is 0.295. The molecule has 1 N–H and O–H groups in total. The van der Waals surface area contributed by atoms with Gasteiger partial charge in [-0.25, -0.2) is 12.7 Å². The first kappa shape index (κ1) is 15.6. The van der Waals surface area contributed by atoms with Gasteiger partial charge >= 0.3 is 0 Å². The van der Waals surface area contributed by atoms with Crippen LogP contribution in [0.25, 0.3) is 0 Å². The average molecular weight is 248 g/mol. The van der Waals surface area contributed by atoms with Gasteiger partial charge in [-0.1, -0.05) is 26.0 Å². The molecule has 0 aromatic carbocycles. The molecular formula is C11H24N2O2S. The molecule has 0 heterocycles. The van der Waals surface area contributed by atoms with Gasteiger partial charge in [0.25, 0.3) is 0 Å². The third-order valence-corrected chi connectivity index (χ3v) is 4.43. The maximum absolute atomic E-state index is 12.0. The lowest BCUT2D eigenvalue weighted by Crippen LogP contribution is -2.42. The fourth-order valence-electron chi connectivity index (χ4n) is 1.28. The Kier molecular flexibility index (Phi) is 6.22. The lowest BCUT2D eigenvalue weighted by molar-refractivity contribution is 0.473. The van der Waals surface area contributed by atoms with Crippen LogP contribution in [0, 0.1) is 0 Å². The Hall–Kier alpha value is -0.390. The molecule has 0 radical (unpaired) electrons. The van der Waals surface area contributed by atoms with E-state index in [1.165, 1.54) is 4.31 Å².